The average Bonchev–Trinajstić information content (AvgIpc) is 2.81. The number of carboxylic acids is 1. The summed E-state index contributed by atoms with van der Waals surface area (Å²) < 4.78 is 10.7. The van der Waals surface area contributed by atoms with Crippen molar-refractivity contribution in [1.82, 2.24) is 4.98 Å². The maximum absolute atomic E-state index is 10.7. The van der Waals surface area contributed by atoms with E-state index in [2.05, 4.69) is 4.98 Å². The van der Waals surface area contributed by atoms with E-state index in [9.17, 15) is 4.79 Å². The zero-order chi connectivity index (χ0) is 13.7. The summed E-state index contributed by atoms with van der Waals surface area (Å²) in [4.78, 5) is 14.8. The Morgan fingerprint density at radius 1 is 1.42 bits per heavy atom. The predicted molar refractivity (Wildman–Crippen MR) is 70.9 cm³/mol. The van der Waals surface area contributed by atoms with Crippen molar-refractivity contribution in [3.8, 4) is 5.75 Å². The van der Waals surface area contributed by atoms with Crippen LogP contribution in [0.4, 0.5) is 0 Å². The van der Waals surface area contributed by atoms with Crippen molar-refractivity contribution in [3.63, 3.8) is 0 Å². The minimum atomic E-state index is -0.943. The Labute approximate surface area is 114 Å². The first-order valence-electron chi connectivity index (χ1n) is 5.66. The number of benzene rings is 1. The third-order valence-electron chi connectivity index (χ3n) is 2.28. The minimum absolute atomic E-state index is 0.247. The highest BCUT2D eigenvalue weighted by Crippen LogP contribution is 2.17. The van der Waals surface area contributed by atoms with E-state index >= 15 is 0 Å². The van der Waals surface area contributed by atoms with Crippen LogP contribution in [0.15, 0.2) is 40.2 Å². The molecule has 0 saturated carbocycles. The predicted octanol–water partition coefficient (Wildman–Crippen LogP) is 2.85. The van der Waals surface area contributed by atoms with Gasteiger partial charge in [0.15, 0.2) is 0 Å². The van der Waals surface area contributed by atoms with Crippen LogP contribution in [0.1, 0.15) is 16.1 Å². The lowest BCUT2D eigenvalue weighted by Gasteiger charge is -2.05. The second kappa shape index (κ2) is 6.29. The van der Waals surface area contributed by atoms with Gasteiger partial charge >= 0.3 is 5.97 Å². The summed E-state index contributed by atoms with van der Waals surface area (Å²) in [6.45, 7) is 2.37. The Hall–Kier alpha value is -1.95. The topological polar surface area (TPSA) is 72.6 Å². The third kappa shape index (κ3) is 4.03. The molecule has 0 amide bonds. The first kappa shape index (κ1) is 13.5. The van der Waals surface area contributed by atoms with Crippen LogP contribution in [0, 0.1) is 6.92 Å². The molecule has 0 spiro atoms. The van der Waals surface area contributed by atoms with Crippen molar-refractivity contribution in [3.05, 3.63) is 41.8 Å². The van der Waals surface area contributed by atoms with Crippen molar-refractivity contribution < 1.29 is 19.1 Å². The molecule has 0 aliphatic rings. The molecule has 6 heteroatoms. The molecule has 0 radical (unpaired) electrons. The SMILES string of the molecule is Cc1coc(SCCOc2ccc(C(=O)O)cc2)n1. The van der Waals surface area contributed by atoms with Gasteiger partial charge in [-0.3, -0.25) is 0 Å². The summed E-state index contributed by atoms with van der Waals surface area (Å²) in [6.07, 6.45) is 1.60. The van der Waals surface area contributed by atoms with Crippen molar-refractivity contribution in [1.29, 1.82) is 0 Å². The summed E-state index contributed by atoms with van der Waals surface area (Å²) in [7, 11) is 0. The van der Waals surface area contributed by atoms with Crippen LogP contribution in [-0.2, 0) is 0 Å². The number of nitrogens with zero attached hydrogens (tertiary/aromatic N) is 1. The van der Waals surface area contributed by atoms with Gasteiger partial charge in [-0.25, -0.2) is 9.78 Å². The summed E-state index contributed by atoms with van der Waals surface area (Å²) in [6, 6.07) is 6.32. The number of thioether (sulfide) groups is 1. The Morgan fingerprint density at radius 2 is 2.16 bits per heavy atom. The van der Waals surface area contributed by atoms with Crippen LogP contribution in [0.5, 0.6) is 5.75 Å². The van der Waals surface area contributed by atoms with Crippen LogP contribution in [0.25, 0.3) is 0 Å². The maximum Gasteiger partial charge on any atom is 0.335 e. The highest BCUT2D eigenvalue weighted by Gasteiger charge is 2.03. The fraction of sp³-hybridized carbons (Fsp3) is 0.231. The first-order valence-corrected chi connectivity index (χ1v) is 6.65. The van der Waals surface area contributed by atoms with Crippen molar-refractivity contribution in [2.45, 2.75) is 12.1 Å². The molecule has 1 aromatic heterocycles. The smallest absolute Gasteiger partial charge is 0.335 e. The number of aromatic nitrogens is 1. The lowest BCUT2D eigenvalue weighted by atomic mass is 10.2. The van der Waals surface area contributed by atoms with Gasteiger partial charge in [-0.1, -0.05) is 11.8 Å². The fourth-order valence-electron chi connectivity index (χ4n) is 1.38. The molecule has 0 saturated heterocycles. The molecule has 2 rings (SSSR count). The van der Waals surface area contributed by atoms with Gasteiger partial charge in [0, 0.05) is 5.75 Å². The molecule has 1 N–H and O–H groups in total. The standard InChI is InChI=1S/C13H13NO4S/c1-9-8-18-13(14-9)19-7-6-17-11-4-2-10(3-5-11)12(15)16/h2-5,8H,6-7H2,1H3,(H,15,16). The quantitative estimate of drug-likeness (QED) is 0.647. The minimum Gasteiger partial charge on any atom is -0.493 e. The van der Waals surface area contributed by atoms with Gasteiger partial charge in [-0.2, -0.15) is 0 Å². The van der Waals surface area contributed by atoms with E-state index in [1.807, 2.05) is 6.92 Å². The summed E-state index contributed by atoms with van der Waals surface area (Å²) >= 11 is 1.47. The van der Waals surface area contributed by atoms with Crippen LogP contribution in [-0.4, -0.2) is 28.4 Å². The molecule has 100 valence electrons. The van der Waals surface area contributed by atoms with E-state index in [0.717, 1.165) is 5.69 Å². The molecule has 0 aliphatic carbocycles. The molecule has 1 aromatic carbocycles. The number of ether oxygens (including phenoxy) is 1. The molecule has 2 aromatic rings. The average molecular weight is 279 g/mol. The van der Waals surface area contributed by atoms with Crippen LogP contribution < -0.4 is 4.74 Å². The largest absolute Gasteiger partial charge is 0.493 e. The fourth-order valence-corrected chi connectivity index (χ4v) is 2.05. The van der Waals surface area contributed by atoms with Gasteiger partial charge in [0.05, 0.1) is 17.9 Å². The first-order chi connectivity index (χ1) is 9.15. The van der Waals surface area contributed by atoms with Crippen molar-refractivity contribution >= 4 is 17.7 Å². The number of rotatable bonds is 6. The molecule has 0 atom stereocenters. The van der Waals surface area contributed by atoms with E-state index in [0.29, 0.717) is 23.3 Å². The van der Waals surface area contributed by atoms with Gasteiger partial charge < -0.3 is 14.3 Å². The highest BCUT2D eigenvalue weighted by atomic mass is 32.2. The van der Waals surface area contributed by atoms with E-state index in [4.69, 9.17) is 14.3 Å². The van der Waals surface area contributed by atoms with Gasteiger partial charge in [-0.05, 0) is 31.2 Å². The van der Waals surface area contributed by atoms with Crippen LogP contribution >= 0.6 is 11.8 Å². The number of oxazole rings is 1. The summed E-state index contributed by atoms with van der Waals surface area (Å²) in [5, 5.41) is 9.38. The third-order valence-corrected chi connectivity index (χ3v) is 3.08. The number of aryl methyl sites for hydroxylation is 1. The van der Waals surface area contributed by atoms with E-state index < -0.39 is 5.97 Å². The molecule has 19 heavy (non-hydrogen) atoms. The number of hydrogen-bond acceptors (Lipinski definition) is 5. The van der Waals surface area contributed by atoms with Gasteiger partial charge in [0.2, 0.25) is 0 Å². The van der Waals surface area contributed by atoms with Crippen LogP contribution in [0.2, 0.25) is 0 Å². The molecule has 5 nitrogen and oxygen atoms in total. The summed E-state index contributed by atoms with van der Waals surface area (Å²) in [5.74, 6) is 0.413. The number of carbonyl (C=O) groups is 1. The normalized spacial score (nSPS) is 10.4. The lowest BCUT2D eigenvalue weighted by molar-refractivity contribution is 0.0697. The lowest BCUT2D eigenvalue weighted by Crippen LogP contribution is -2.01. The molecule has 0 unspecified atom stereocenters. The molecule has 0 bridgehead atoms. The Morgan fingerprint density at radius 3 is 2.74 bits per heavy atom. The van der Waals surface area contributed by atoms with Crippen molar-refractivity contribution in [2.24, 2.45) is 0 Å². The Kier molecular flexibility index (Phi) is 4.46. The zero-order valence-corrected chi connectivity index (χ0v) is 11.1. The second-order valence-corrected chi connectivity index (χ2v) is 4.83. The number of hydrogen-bond donors (Lipinski definition) is 1. The molecule has 0 aliphatic heterocycles. The molecular weight excluding hydrogens is 266 g/mol. The van der Waals surface area contributed by atoms with E-state index in [-0.39, 0.29) is 5.56 Å². The van der Waals surface area contributed by atoms with Gasteiger partial charge in [0.25, 0.3) is 5.22 Å². The van der Waals surface area contributed by atoms with Crippen LogP contribution in [0.3, 0.4) is 0 Å². The van der Waals surface area contributed by atoms with Gasteiger partial charge in [-0.15, -0.1) is 0 Å². The molecular formula is C13H13NO4S. The maximum atomic E-state index is 10.7. The Balaban J connectivity index is 1.75. The zero-order valence-electron chi connectivity index (χ0n) is 10.3. The van der Waals surface area contributed by atoms with E-state index in [1.54, 1.807) is 18.4 Å². The Bertz CT molecular complexity index is 550. The van der Waals surface area contributed by atoms with E-state index in [1.165, 1.54) is 23.9 Å². The second-order valence-electron chi connectivity index (χ2n) is 3.78. The monoisotopic (exact) mass is 279 g/mol. The van der Waals surface area contributed by atoms with Crippen molar-refractivity contribution in [2.75, 3.05) is 12.4 Å². The molecule has 0 fully saturated rings. The highest BCUT2D eigenvalue weighted by molar-refractivity contribution is 7.99. The van der Waals surface area contributed by atoms with Gasteiger partial charge in [0.1, 0.15) is 12.0 Å². The number of carboxylic acid groups (broad SMARTS) is 1. The number of aromatic carboxylic acids is 1. The summed E-state index contributed by atoms with van der Waals surface area (Å²) in [5.41, 5.74) is 1.10. The molecule has 1 heterocycles.